The van der Waals surface area contributed by atoms with Crippen LogP contribution in [0.5, 0.6) is 11.5 Å². The number of carbonyl (C=O) groups excluding carboxylic acids is 2. The van der Waals surface area contributed by atoms with Crippen molar-refractivity contribution in [1.82, 2.24) is 20.2 Å². The second kappa shape index (κ2) is 11.3. The van der Waals surface area contributed by atoms with Crippen molar-refractivity contribution in [2.45, 2.75) is 32.5 Å². The average Bonchev–Trinajstić information content (AvgIpc) is 3.24. The molecule has 3 rings (SSSR count). The second-order valence-corrected chi connectivity index (χ2v) is 7.86. The molecule has 0 aliphatic rings. The normalized spacial score (nSPS) is 11.2. The first kappa shape index (κ1) is 24.0. The van der Waals surface area contributed by atoms with E-state index in [1.165, 1.54) is 18.7 Å². The summed E-state index contributed by atoms with van der Waals surface area (Å²) in [5.74, 6) is 1.45. The van der Waals surface area contributed by atoms with Gasteiger partial charge in [0.2, 0.25) is 0 Å². The van der Waals surface area contributed by atoms with Crippen molar-refractivity contribution in [1.29, 1.82) is 0 Å². The van der Waals surface area contributed by atoms with E-state index in [4.69, 9.17) is 9.47 Å². The molecule has 0 spiro atoms. The molecule has 9 nitrogen and oxygen atoms in total. The van der Waals surface area contributed by atoms with Crippen LogP contribution in [0.3, 0.4) is 0 Å². The van der Waals surface area contributed by atoms with E-state index in [1.54, 1.807) is 38.3 Å². The molecule has 2 aromatic carbocycles. The van der Waals surface area contributed by atoms with Gasteiger partial charge in [-0.3, -0.25) is 9.59 Å². The Bertz CT molecular complexity index is 1140. The topological polar surface area (TPSA) is 108 Å². The number of ether oxygens (including phenoxy) is 2. The third-order valence-corrected chi connectivity index (χ3v) is 5.56. The van der Waals surface area contributed by atoms with Gasteiger partial charge in [0.15, 0.2) is 11.0 Å². The van der Waals surface area contributed by atoms with Crippen LogP contribution in [0.1, 0.15) is 26.3 Å². The van der Waals surface area contributed by atoms with Crippen molar-refractivity contribution in [3.05, 3.63) is 54.1 Å². The number of rotatable bonds is 9. The molecule has 1 aromatic heterocycles. The largest absolute Gasteiger partial charge is 0.497 e. The van der Waals surface area contributed by atoms with Crippen LogP contribution in [0.4, 0.5) is 0 Å². The summed E-state index contributed by atoms with van der Waals surface area (Å²) in [7, 11) is 1.62. The van der Waals surface area contributed by atoms with Crippen LogP contribution in [0.2, 0.25) is 0 Å². The first-order chi connectivity index (χ1) is 15.9. The van der Waals surface area contributed by atoms with Gasteiger partial charge in [-0.1, -0.05) is 11.8 Å². The summed E-state index contributed by atoms with van der Waals surface area (Å²) in [6, 6.07) is 14.5. The van der Waals surface area contributed by atoms with Gasteiger partial charge >= 0.3 is 5.97 Å². The van der Waals surface area contributed by atoms with Crippen molar-refractivity contribution in [2.24, 2.45) is 5.10 Å². The summed E-state index contributed by atoms with van der Waals surface area (Å²) in [4.78, 5) is 23.3. The number of methoxy groups -OCH3 is 1. The summed E-state index contributed by atoms with van der Waals surface area (Å²) < 4.78 is 12.2. The van der Waals surface area contributed by atoms with Gasteiger partial charge in [-0.25, -0.2) is 5.43 Å². The monoisotopic (exact) mass is 467 g/mol. The first-order valence-corrected chi connectivity index (χ1v) is 11.2. The van der Waals surface area contributed by atoms with Crippen molar-refractivity contribution < 1.29 is 19.1 Å². The minimum atomic E-state index is -0.382. The highest BCUT2D eigenvalue weighted by Gasteiger charge is 2.14. The highest BCUT2D eigenvalue weighted by molar-refractivity contribution is 7.99. The maximum atomic E-state index is 12.3. The molecule has 0 fully saturated rings. The molecule has 1 N–H and O–H groups in total. The van der Waals surface area contributed by atoms with E-state index in [9.17, 15) is 9.59 Å². The summed E-state index contributed by atoms with van der Waals surface area (Å²) in [6.45, 7) is 5.79. The van der Waals surface area contributed by atoms with Crippen LogP contribution in [-0.4, -0.2) is 45.2 Å². The molecule has 0 radical (unpaired) electrons. The number of nitrogens with zero attached hydrogens (tertiary/aromatic N) is 4. The molecule has 33 heavy (non-hydrogen) atoms. The molecule has 1 heterocycles. The van der Waals surface area contributed by atoms with Gasteiger partial charge in [0.05, 0.1) is 18.6 Å². The number of carbonyl (C=O) groups is 2. The maximum absolute atomic E-state index is 12.3. The predicted molar refractivity (Wildman–Crippen MR) is 127 cm³/mol. The van der Waals surface area contributed by atoms with Gasteiger partial charge in [0, 0.05) is 19.0 Å². The summed E-state index contributed by atoms with van der Waals surface area (Å²) in [5.41, 5.74) is 4.90. The van der Waals surface area contributed by atoms with Crippen molar-refractivity contribution in [2.75, 3.05) is 12.9 Å². The van der Waals surface area contributed by atoms with E-state index >= 15 is 0 Å². The fraction of sp³-hybridized carbons (Fsp3) is 0.261. The summed E-state index contributed by atoms with van der Waals surface area (Å²) in [5, 5.41) is 13.3. The molecule has 0 aliphatic carbocycles. The number of benzene rings is 2. The van der Waals surface area contributed by atoms with Crippen LogP contribution >= 0.6 is 11.8 Å². The minimum Gasteiger partial charge on any atom is -0.497 e. The Morgan fingerprint density at radius 3 is 2.30 bits per heavy atom. The van der Waals surface area contributed by atoms with E-state index in [-0.39, 0.29) is 17.6 Å². The zero-order chi connectivity index (χ0) is 23.8. The van der Waals surface area contributed by atoms with Crippen LogP contribution in [0.15, 0.2) is 58.8 Å². The van der Waals surface area contributed by atoms with Crippen LogP contribution < -0.4 is 14.9 Å². The van der Waals surface area contributed by atoms with Gasteiger partial charge in [0.1, 0.15) is 11.5 Å². The molecule has 0 unspecified atom stereocenters. The Balaban J connectivity index is 1.59. The van der Waals surface area contributed by atoms with Gasteiger partial charge in [0.25, 0.3) is 5.91 Å². The highest BCUT2D eigenvalue weighted by Crippen LogP contribution is 2.25. The number of thioether (sulfide) groups is 1. The molecular weight excluding hydrogens is 442 g/mol. The number of hydrogen-bond acceptors (Lipinski definition) is 8. The number of hydrazone groups is 1. The van der Waals surface area contributed by atoms with Gasteiger partial charge < -0.3 is 14.0 Å². The number of amides is 1. The second-order valence-electron chi connectivity index (χ2n) is 6.92. The Hall–Kier alpha value is -3.66. The standard InChI is InChI=1S/C23H25N5O4S/c1-5-28-22(18-8-10-19(31-4)11-9-18)26-27-23(28)33-14-21(30)25-24-15(2)17-6-12-20(13-7-17)32-16(3)29/h6-13H,5,14H2,1-4H3,(H,25,30)/b24-15+. The smallest absolute Gasteiger partial charge is 0.308 e. The molecule has 0 saturated carbocycles. The quantitative estimate of drug-likeness (QED) is 0.169. The summed E-state index contributed by atoms with van der Waals surface area (Å²) in [6.07, 6.45) is 0. The lowest BCUT2D eigenvalue weighted by atomic mass is 10.1. The molecule has 0 aliphatic heterocycles. The Morgan fingerprint density at radius 2 is 1.70 bits per heavy atom. The lowest BCUT2D eigenvalue weighted by Crippen LogP contribution is -2.21. The molecule has 0 atom stereocenters. The Morgan fingerprint density at radius 1 is 1.03 bits per heavy atom. The number of aromatic nitrogens is 3. The molecule has 1 amide bonds. The van der Waals surface area contributed by atoms with Gasteiger partial charge in [-0.15, -0.1) is 10.2 Å². The number of hydrogen-bond donors (Lipinski definition) is 1. The maximum Gasteiger partial charge on any atom is 0.308 e. The molecule has 3 aromatic rings. The van der Waals surface area contributed by atoms with E-state index < -0.39 is 0 Å². The SMILES string of the molecule is CCn1c(SCC(=O)N/N=C(\C)c2ccc(OC(C)=O)cc2)nnc1-c1ccc(OC)cc1. The van der Waals surface area contributed by atoms with E-state index in [0.717, 1.165) is 22.7 Å². The first-order valence-electron chi connectivity index (χ1n) is 10.2. The predicted octanol–water partition coefficient (Wildman–Crippen LogP) is 3.53. The Kier molecular flexibility index (Phi) is 8.20. The average molecular weight is 468 g/mol. The zero-order valence-electron chi connectivity index (χ0n) is 18.9. The third-order valence-electron chi connectivity index (χ3n) is 4.60. The van der Waals surface area contributed by atoms with Crippen molar-refractivity contribution >= 4 is 29.4 Å². The third kappa shape index (κ3) is 6.42. The number of nitrogens with one attached hydrogen (secondary N) is 1. The van der Waals surface area contributed by atoms with Crippen molar-refractivity contribution in [3.63, 3.8) is 0 Å². The molecule has 0 saturated heterocycles. The molecule has 0 bridgehead atoms. The van der Waals surface area contributed by atoms with E-state index in [1.807, 2.05) is 35.8 Å². The minimum absolute atomic E-state index is 0.142. The van der Waals surface area contributed by atoms with Gasteiger partial charge in [-0.05, 0) is 67.9 Å². The lowest BCUT2D eigenvalue weighted by molar-refractivity contribution is -0.131. The Labute approximate surface area is 196 Å². The van der Waals surface area contributed by atoms with Crippen LogP contribution in [-0.2, 0) is 16.1 Å². The molecule has 172 valence electrons. The van der Waals surface area contributed by atoms with Crippen LogP contribution in [0, 0.1) is 0 Å². The van der Waals surface area contributed by atoms with E-state index in [2.05, 4.69) is 20.7 Å². The van der Waals surface area contributed by atoms with Crippen molar-refractivity contribution in [3.8, 4) is 22.9 Å². The lowest BCUT2D eigenvalue weighted by Gasteiger charge is -2.08. The fourth-order valence-electron chi connectivity index (χ4n) is 2.94. The highest BCUT2D eigenvalue weighted by atomic mass is 32.2. The number of esters is 1. The fourth-order valence-corrected chi connectivity index (χ4v) is 3.73. The molecule has 10 heteroatoms. The zero-order valence-corrected chi connectivity index (χ0v) is 19.7. The van der Waals surface area contributed by atoms with Gasteiger partial charge in [-0.2, -0.15) is 5.10 Å². The van der Waals surface area contributed by atoms with Crippen LogP contribution in [0.25, 0.3) is 11.4 Å². The molecular formula is C23H25N5O4S. The van der Waals surface area contributed by atoms with E-state index in [0.29, 0.717) is 23.2 Å². The summed E-state index contributed by atoms with van der Waals surface area (Å²) >= 11 is 1.29.